The molecular weight excluding hydrogens is 238 g/mol. The van der Waals surface area contributed by atoms with Crippen molar-refractivity contribution in [3.05, 3.63) is 35.9 Å². The van der Waals surface area contributed by atoms with Crippen molar-refractivity contribution in [2.45, 2.75) is 19.3 Å². The molecule has 1 aliphatic heterocycles. The number of ether oxygens (including phenoxy) is 2. The van der Waals surface area contributed by atoms with Crippen molar-refractivity contribution in [1.82, 2.24) is 5.32 Å². The molecule has 0 saturated carbocycles. The Bertz CT molecular complexity index is 323. The summed E-state index contributed by atoms with van der Waals surface area (Å²) in [6, 6.07) is 10.6. The average Bonchev–Trinajstić information content (AvgIpc) is 2.96. The molecule has 0 bridgehead atoms. The average molecular weight is 263 g/mol. The highest BCUT2D eigenvalue weighted by molar-refractivity contribution is 5.14. The fourth-order valence-electron chi connectivity index (χ4n) is 2.32. The Morgan fingerprint density at radius 2 is 2.11 bits per heavy atom. The van der Waals surface area contributed by atoms with Crippen LogP contribution < -0.4 is 5.32 Å². The molecule has 1 fully saturated rings. The first kappa shape index (κ1) is 14.5. The van der Waals surface area contributed by atoms with Crippen LogP contribution in [0.15, 0.2) is 30.3 Å². The van der Waals surface area contributed by atoms with E-state index in [4.69, 9.17) is 9.47 Å². The van der Waals surface area contributed by atoms with Gasteiger partial charge in [0, 0.05) is 26.3 Å². The minimum atomic E-state index is 0.707. The van der Waals surface area contributed by atoms with Crippen LogP contribution in [0.2, 0.25) is 0 Å². The monoisotopic (exact) mass is 263 g/mol. The smallest absolute Gasteiger partial charge is 0.0590 e. The summed E-state index contributed by atoms with van der Waals surface area (Å²) >= 11 is 0. The van der Waals surface area contributed by atoms with Gasteiger partial charge >= 0.3 is 0 Å². The molecule has 0 radical (unpaired) electrons. The summed E-state index contributed by atoms with van der Waals surface area (Å²) < 4.78 is 11.0. The van der Waals surface area contributed by atoms with Crippen molar-refractivity contribution >= 4 is 0 Å². The molecule has 106 valence electrons. The topological polar surface area (TPSA) is 30.5 Å². The maximum Gasteiger partial charge on any atom is 0.0590 e. The molecule has 1 heterocycles. The van der Waals surface area contributed by atoms with Crippen molar-refractivity contribution in [2.24, 2.45) is 5.92 Å². The van der Waals surface area contributed by atoms with Gasteiger partial charge in [-0.2, -0.15) is 0 Å². The van der Waals surface area contributed by atoms with E-state index in [1.54, 1.807) is 0 Å². The fraction of sp³-hybridized carbons (Fsp3) is 0.625. The molecule has 1 N–H and O–H groups in total. The second-order valence-electron chi connectivity index (χ2n) is 5.14. The molecule has 3 heteroatoms. The second kappa shape index (κ2) is 9.08. The van der Waals surface area contributed by atoms with Crippen molar-refractivity contribution in [3.8, 4) is 0 Å². The number of rotatable bonds is 9. The van der Waals surface area contributed by atoms with Crippen LogP contribution in [0.4, 0.5) is 0 Å². The van der Waals surface area contributed by atoms with E-state index in [-0.39, 0.29) is 0 Å². The third-order valence-electron chi connectivity index (χ3n) is 3.48. The third-order valence-corrected chi connectivity index (χ3v) is 3.48. The zero-order valence-corrected chi connectivity index (χ0v) is 11.6. The zero-order chi connectivity index (χ0) is 13.2. The molecule has 1 saturated heterocycles. The van der Waals surface area contributed by atoms with Gasteiger partial charge in [0.05, 0.1) is 13.2 Å². The molecular formula is C16H25NO2. The van der Waals surface area contributed by atoms with Gasteiger partial charge in [0.15, 0.2) is 0 Å². The van der Waals surface area contributed by atoms with Gasteiger partial charge in [0.2, 0.25) is 0 Å². The lowest BCUT2D eigenvalue weighted by Crippen LogP contribution is -2.26. The van der Waals surface area contributed by atoms with Crippen LogP contribution >= 0.6 is 0 Å². The van der Waals surface area contributed by atoms with Gasteiger partial charge in [-0.25, -0.2) is 0 Å². The van der Waals surface area contributed by atoms with E-state index in [1.807, 2.05) is 0 Å². The highest BCUT2D eigenvalue weighted by Crippen LogP contribution is 2.10. The maximum absolute atomic E-state index is 5.63. The molecule has 1 unspecified atom stereocenters. The maximum atomic E-state index is 5.63. The summed E-state index contributed by atoms with van der Waals surface area (Å²) in [5.41, 5.74) is 1.39. The molecule has 0 aromatic heterocycles. The molecule has 0 amide bonds. The minimum absolute atomic E-state index is 0.707. The lowest BCUT2D eigenvalue weighted by atomic mass is 10.1. The van der Waals surface area contributed by atoms with Crippen molar-refractivity contribution in [2.75, 3.05) is 39.5 Å². The standard InChI is InChI=1S/C16H25NO2/c1-2-5-15(6-3-1)7-4-10-18-12-9-17-13-16-8-11-19-14-16/h1-3,5-6,16-17H,4,7-14H2. The van der Waals surface area contributed by atoms with Gasteiger partial charge in [0.1, 0.15) is 0 Å². The Morgan fingerprint density at radius 1 is 1.21 bits per heavy atom. The largest absolute Gasteiger partial charge is 0.381 e. The van der Waals surface area contributed by atoms with Crippen molar-refractivity contribution < 1.29 is 9.47 Å². The molecule has 1 aromatic rings. The van der Waals surface area contributed by atoms with E-state index in [2.05, 4.69) is 35.6 Å². The first-order valence-electron chi connectivity index (χ1n) is 7.35. The van der Waals surface area contributed by atoms with Gasteiger partial charge in [-0.3, -0.25) is 0 Å². The fourth-order valence-corrected chi connectivity index (χ4v) is 2.32. The van der Waals surface area contributed by atoms with E-state index in [9.17, 15) is 0 Å². The zero-order valence-electron chi connectivity index (χ0n) is 11.6. The van der Waals surface area contributed by atoms with Gasteiger partial charge < -0.3 is 14.8 Å². The summed E-state index contributed by atoms with van der Waals surface area (Å²) in [6.07, 6.45) is 3.40. The highest BCUT2D eigenvalue weighted by Gasteiger charge is 2.14. The summed E-state index contributed by atoms with van der Waals surface area (Å²) in [5.74, 6) is 0.707. The lowest BCUT2D eigenvalue weighted by Gasteiger charge is -2.09. The van der Waals surface area contributed by atoms with Crippen molar-refractivity contribution in [3.63, 3.8) is 0 Å². The van der Waals surface area contributed by atoms with E-state index in [1.165, 1.54) is 12.0 Å². The Morgan fingerprint density at radius 3 is 2.89 bits per heavy atom. The van der Waals surface area contributed by atoms with Crippen LogP contribution in [0.3, 0.4) is 0 Å². The minimum Gasteiger partial charge on any atom is -0.381 e. The molecule has 1 atom stereocenters. The quantitative estimate of drug-likeness (QED) is 0.693. The van der Waals surface area contributed by atoms with E-state index in [0.29, 0.717) is 5.92 Å². The lowest BCUT2D eigenvalue weighted by molar-refractivity contribution is 0.132. The van der Waals surface area contributed by atoms with E-state index < -0.39 is 0 Å². The molecule has 2 rings (SSSR count). The van der Waals surface area contributed by atoms with Crippen LogP contribution in [-0.4, -0.2) is 39.5 Å². The molecule has 1 aliphatic rings. The van der Waals surface area contributed by atoms with Crippen LogP contribution in [0.25, 0.3) is 0 Å². The predicted octanol–water partition coefficient (Wildman–Crippen LogP) is 2.26. The molecule has 19 heavy (non-hydrogen) atoms. The summed E-state index contributed by atoms with van der Waals surface area (Å²) in [7, 11) is 0. The number of nitrogens with one attached hydrogen (secondary N) is 1. The SMILES string of the molecule is c1ccc(CCCOCCNCC2CCOC2)cc1. The van der Waals surface area contributed by atoms with Gasteiger partial charge in [0.25, 0.3) is 0 Å². The van der Waals surface area contributed by atoms with Crippen LogP contribution in [0.1, 0.15) is 18.4 Å². The number of hydrogen-bond donors (Lipinski definition) is 1. The van der Waals surface area contributed by atoms with Crippen LogP contribution in [0.5, 0.6) is 0 Å². The first-order chi connectivity index (χ1) is 9.45. The van der Waals surface area contributed by atoms with Crippen LogP contribution in [0, 0.1) is 5.92 Å². The Kier molecular flexibility index (Phi) is 6.93. The molecule has 0 spiro atoms. The normalized spacial score (nSPS) is 18.8. The first-order valence-corrected chi connectivity index (χ1v) is 7.35. The Balaban J connectivity index is 1.38. The molecule has 0 aliphatic carbocycles. The predicted molar refractivity (Wildman–Crippen MR) is 77.4 cm³/mol. The van der Waals surface area contributed by atoms with Gasteiger partial charge in [-0.05, 0) is 30.7 Å². The molecule has 3 nitrogen and oxygen atoms in total. The Labute approximate surface area is 116 Å². The van der Waals surface area contributed by atoms with Gasteiger partial charge in [-0.1, -0.05) is 30.3 Å². The number of hydrogen-bond acceptors (Lipinski definition) is 3. The summed E-state index contributed by atoms with van der Waals surface area (Å²) in [4.78, 5) is 0. The van der Waals surface area contributed by atoms with E-state index in [0.717, 1.165) is 52.4 Å². The van der Waals surface area contributed by atoms with Gasteiger partial charge in [-0.15, -0.1) is 0 Å². The van der Waals surface area contributed by atoms with Crippen LogP contribution in [-0.2, 0) is 15.9 Å². The third kappa shape index (κ3) is 6.19. The molecule has 1 aromatic carbocycles. The highest BCUT2D eigenvalue weighted by atomic mass is 16.5. The van der Waals surface area contributed by atoms with Crippen molar-refractivity contribution in [1.29, 1.82) is 0 Å². The number of benzene rings is 1. The number of aryl methyl sites for hydroxylation is 1. The van der Waals surface area contributed by atoms with E-state index >= 15 is 0 Å². The summed E-state index contributed by atoms with van der Waals surface area (Å²) in [6.45, 7) is 5.52. The Hall–Kier alpha value is -0.900. The second-order valence-corrected chi connectivity index (χ2v) is 5.14. The summed E-state index contributed by atoms with van der Waals surface area (Å²) in [5, 5.41) is 3.43.